The molecule has 0 spiro atoms. The fourth-order valence-electron chi connectivity index (χ4n) is 4.66. The van der Waals surface area contributed by atoms with Crippen molar-refractivity contribution >= 4 is 5.91 Å². The van der Waals surface area contributed by atoms with Crippen LogP contribution in [-0.4, -0.2) is 44.4 Å². The molecule has 0 N–H and O–H groups in total. The summed E-state index contributed by atoms with van der Waals surface area (Å²) in [6.07, 6.45) is 2.93. The summed E-state index contributed by atoms with van der Waals surface area (Å²) in [7, 11) is 0. The van der Waals surface area contributed by atoms with Crippen LogP contribution >= 0.6 is 0 Å². The molecular formula is C23H21F3N4O3. The van der Waals surface area contributed by atoms with Gasteiger partial charge in [0.1, 0.15) is 18.1 Å². The minimum Gasteiger partial charge on any atom is -0.472 e. The Labute approximate surface area is 187 Å². The van der Waals surface area contributed by atoms with Crippen molar-refractivity contribution in [2.24, 2.45) is 5.92 Å². The number of aryl methyl sites for hydroxylation is 1. The third-order valence-electron chi connectivity index (χ3n) is 6.21. The summed E-state index contributed by atoms with van der Waals surface area (Å²) in [5.41, 5.74) is 0.811. The largest absolute Gasteiger partial charge is 0.472 e. The highest BCUT2D eigenvalue weighted by Crippen LogP contribution is 2.39. The van der Waals surface area contributed by atoms with Gasteiger partial charge in [-0.2, -0.15) is 13.2 Å². The molecule has 3 aliphatic rings. The first-order chi connectivity index (χ1) is 15.8. The molecule has 3 aromatic heterocycles. The molecule has 1 amide bonds. The van der Waals surface area contributed by atoms with E-state index in [4.69, 9.17) is 9.15 Å². The maximum atomic E-state index is 13.6. The zero-order valence-electron chi connectivity index (χ0n) is 17.7. The molecule has 2 bridgehead atoms. The summed E-state index contributed by atoms with van der Waals surface area (Å²) >= 11 is 0. The first-order valence-corrected chi connectivity index (χ1v) is 10.7. The predicted octanol–water partition coefficient (Wildman–Crippen LogP) is 4.53. The number of rotatable bonds is 4. The number of hydrogen-bond donors (Lipinski definition) is 0. The fraction of sp³-hybridized carbons (Fsp3) is 0.391. The number of carbonyl (C=O) groups is 1. The Morgan fingerprint density at radius 2 is 2.03 bits per heavy atom. The van der Waals surface area contributed by atoms with E-state index in [9.17, 15) is 18.0 Å². The Morgan fingerprint density at radius 1 is 1.18 bits per heavy atom. The van der Waals surface area contributed by atoms with Gasteiger partial charge in [-0.1, -0.05) is 0 Å². The topological polar surface area (TPSA) is 81.4 Å². The highest BCUT2D eigenvalue weighted by molar-refractivity contribution is 5.98. The molecule has 3 aromatic rings. The lowest BCUT2D eigenvalue weighted by Crippen LogP contribution is -2.59. The van der Waals surface area contributed by atoms with Gasteiger partial charge in [0.15, 0.2) is 0 Å². The first kappa shape index (κ1) is 21.4. The van der Waals surface area contributed by atoms with Gasteiger partial charge in [-0.25, -0.2) is 15.0 Å². The molecule has 1 saturated carbocycles. The van der Waals surface area contributed by atoms with E-state index in [2.05, 4.69) is 15.0 Å². The normalized spacial score (nSPS) is 22.4. The molecule has 10 heteroatoms. The van der Waals surface area contributed by atoms with Crippen molar-refractivity contribution in [1.82, 2.24) is 19.9 Å². The van der Waals surface area contributed by atoms with Gasteiger partial charge in [-0.15, -0.1) is 0 Å². The second kappa shape index (κ2) is 8.17. The standard InChI is InChI=1S/C23H21F3N4O3/c1-13-8-16(21-27-6-7-32-21)20(29-10-13)22(31)30-12-14-2-4-17(30)18(9-14)33-19-5-3-15(11-28-19)23(24,25)26/h3,5-8,10-11,14,17-18H,2,4,9,12H2,1H3/t14-,17+,18-/m1/s1. The zero-order valence-corrected chi connectivity index (χ0v) is 17.7. The molecule has 0 aromatic carbocycles. The smallest absolute Gasteiger partial charge is 0.417 e. The van der Waals surface area contributed by atoms with Crippen LogP contribution in [0, 0.1) is 12.8 Å². The lowest BCUT2D eigenvalue weighted by Gasteiger charge is -2.49. The average molecular weight is 458 g/mol. The van der Waals surface area contributed by atoms with Crippen molar-refractivity contribution in [1.29, 1.82) is 0 Å². The molecule has 3 fully saturated rings. The highest BCUT2D eigenvalue weighted by Gasteiger charge is 2.45. The van der Waals surface area contributed by atoms with Crippen molar-refractivity contribution in [3.05, 3.63) is 59.9 Å². The molecule has 5 heterocycles. The third-order valence-corrected chi connectivity index (χ3v) is 6.21. The quantitative estimate of drug-likeness (QED) is 0.572. The van der Waals surface area contributed by atoms with Gasteiger partial charge in [-0.3, -0.25) is 4.79 Å². The van der Waals surface area contributed by atoms with E-state index in [1.165, 1.54) is 18.5 Å². The number of aromatic nitrogens is 3. The Hall–Kier alpha value is -3.43. The molecule has 172 valence electrons. The van der Waals surface area contributed by atoms with Crippen LogP contribution in [-0.2, 0) is 6.18 Å². The lowest BCUT2D eigenvalue weighted by atomic mass is 9.77. The molecular weight excluding hydrogens is 437 g/mol. The predicted molar refractivity (Wildman–Crippen MR) is 110 cm³/mol. The second-order valence-electron chi connectivity index (χ2n) is 8.49. The van der Waals surface area contributed by atoms with E-state index in [0.29, 0.717) is 24.4 Å². The summed E-state index contributed by atoms with van der Waals surface area (Å²) in [6, 6.07) is 3.76. The molecule has 0 radical (unpaired) electrons. The summed E-state index contributed by atoms with van der Waals surface area (Å²) in [4.78, 5) is 27.7. The molecule has 1 aliphatic carbocycles. The fourth-order valence-corrected chi connectivity index (χ4v) is 4.66. The van der Waals surface area contributed by atoms with Crippen LogP contribution in [0.25, 0.3) is 11.5 Å². The minimum absolute atomic E-state index is 0.113. The van der Waals surface area contributed by atoms with Crippen molar-refractivity contribution in [2.75, 3.05) is 6.54 Å². The maximum Gasteiger partial charge on any atom is 0.417 e. The van der Waals surface area contributed by atoms with Gasteiger partial charge in [0.05, 0.1) is 23.4 Å². The summed E-state index contributed by atoms with van der Waals surface area (Å²) in [5, 5.41) is 0. The van der Waals surface area contributed by atoms with Gasteiger partial charge in [-0.05, 0) is 49.8 Å². The summed E-state index contributed by atoms with van der Waals surface area (Å²) < 4.78 is 49.8. The van der Waals surface area contributed by atoms with Crippen LogP contribution in [0.3, 0.4) is 0 Å². The van der Waals surface area contributed by atoms with Gasteiger partial charge >= 0.3 is 6.18 Å². The van der Waals surface area contributed by atoms with Crippen molar-refractivity contribution in [2.45, 2.75) is 44.5 Å². The number of halogens is 3. The van der Waals surface area contributed by atoms with Gasteiger partial charge in [0, 0.05) is 25.0 Å². The number of oxazole rings is 1. The molecule has 2 saturated heterocycles. The average Bonchev–Trinajstić information content (AvgIpc) is 3.33. The van der Waals surface area contributed by atoms with Crippen molar-refractivity contribution in [3.63, 3.8) is 0 Å². The van der Waals surface area contributed by atoms with Crippen LogP contribution in [0.4, 0.5) is 13.2 Å². The Bertz CT molecular complexity index is 1150. The van der Waals surface area contributed by atoms with Gasteiger partial charge < -0.3 is 14.1 Å². The van der Waals surface area contributed by atoms with E-state index >= 15 is 0 Å². The molecule has 3 atom stereocenters. The van der Waals surface area contributed by atoms with Gasteiger partial charge in [0.25, 0.3) is 5.91 Å². The van der Waals surface area contributed by atoms with E-state index in [1.54, 1.807) is 11.1 Å². The maximum absolute atomic E-state index is 13.6. The van der Waals surface area contributed by atoms with E-state index in [0.717, 1.165) is 30.7 Å². The van der Waals surface area contributed by atoms with Crippen LogP contribution in [0.5, 0.6) is 5.88 Å². The Kier molecular flexibility index (Phi) is 5.30. The monoisotopic (exact) mass is 458 g/mol. The number of piperidine rings is 2. The minimum atomic E-state index is -4.46. The third kappa shape index (κ3) is 4.17. The second-order valence-corrected chi connectivity index (χ2v) is 8.49. The van der Waals surface area contributed by atoms with Crippen molar-refractivity contribution in [3.8, 4) is 17.3 Å². The van der Waals surface area contributed by atoms with E-state index in [1.807, 2.05) is 13.0 Å². The molecule has 0 unspecified atom stereocenters. The van der Waals surface area contributed by atoms with E-state index in [-0.39, 0.29) is 35.5 Å². The van der Waals surface area contributed by atoms with Crippen LogP contribution in [0.1, 0.15) is 40.9 Å². The van der Waals surface area contributed by atoms with Crippen LogP contribution in [0.15, 0.2) is 47.5 Å². The van der Waals surface area contributed by atoms with E-state index < -0.39 is 11.7 Å². The van der Waals surface area contributed by atoms with Gasteiger partial charge in [0.2, 0.25) is 11.8 Å². The number of amides is 1. The molecule has 33 heavy (non-hydrogen) atoms. The number of carbonyl (C=O) groups excluding carboxylic acids is 1. The SMILES string of the molecule is Cc1cnc(C(=O)N2C[C@@H]3CC[C@H]2[C@H](Oc2ccc(C(F)(F)F)cn2)C3)c(-c2ncco2)c1. The number of pyridine rings is 2. The number of ether oxygens (including phenoxy) is 1. The number of fused-ring (bicyclic) bond motifs is 3. The van der Waals surface area contributed by atoms with Crippen LogP contribution in [0.2, 0.25) is 0 Å². The molecule has 6 rings (SSSR count). The summed E-state index contributed by atoms with van der Waals surface area (Å²) in [5.74, 6) is 0.418. The number of alkyl halides is 3. The first-order valence-electron chi connectivity index (χ1n) is 10.7. The molecule has 7 nitrogen and oxygen atoms in total. The number of nitrogens with zero attached hydrogens (tertiary/aromatic N) is 4. The van der Waals surface area contributed by atoms with Crippen molar-refractivity contribution < 1.29 is 27.1 Å². The highest BCUT2D eigenvalue weighted by atomic mass is 19.4. The lowest BCUT2D eigenvalue weighted by molar-refractivity contribution is -0.137. The summed E-state index contributed by atoms with van der Waals surface area (Å²) in [6.45, 7) is 2.45. The number of hydrogen-bond acceptors (Lipinski definition) is 6. The Morgan fingerprint density at radius 3 is 2.70 bits per heavy atom. The Balaban J connectivity index is 1.39. The zero-order chi connectivity index (χ0) is 23.2. The van der Waals surface area contributed by atoms with Crippen LogP contribution < -0.4 is 4.74 Å². The molecule has 2 aliphatic heterocycles.